The van der Waals surface area contributed by atoms with Crippen molar-refractivity contribution >= 4 is 20.0 Å². The van der Waals surface area contributed by atoms with Crippen LogP contribution >= 0.6 is 0 Å². The minimum absolute atomic E-state index is 0.688. The summed E-state index contributed by atoms with van der Waals surface area (Å²) in [6, 6.07) is 0. The third-order valence-electron chi connectivity index (χ3n) is 1.74. The Labute approximate surface area is 135 Å². The van der Waals surface area contributed by atoms with Crippen LogP contribution in [-0.4, -0.2) is 74.1 Å². The maximum absolute atomic E-state index is 11.4. The highest BCUT2D eigenvalue weighted by molar-refractivity contribution is 8.13. The molecule has 0 atom stereocenters. The molecule has 0 fully saturated rings. The van der Waals surface area contributed by atoms with Gasteiger partial charge in [0, 0.05) is 14.2 Å². The Morgan fingerprint density at radius 2 is 1.04 bits per heavy atom. The largest absolute Gasteiger partial charge is 0.480 e. The molecule has 0 heterocycles. The van der Waals surface area contributed by atoms with Gasteiger partial charge in [0.2, 0.25) is 0 Å². The van der Waals surface area contributed by atoms with Crippen molar-refractivity contribution in [3.05, 3.63) is 4.13 Å². The van der Waals surface area contributed by atoms with Crippen LogP contribution in [0, 0.1) is 0 Å². The Kier molecular flexibility index (Phi) is 9.17. The van der Waals surface area contributed by atoms with Crippen LogP contribution in [0.2, 0.25) is 0 Å². The van der Waals surface area contributed by atoms with Crippen LogP contribution < -0.4 is 0 Å². The zero-order valence-corrected chi connectivity index (χ0v) is 14.5. The molecule has 0 aliphatic carbocycles. The van der Waals surface area contributed by atoms with Crippen molar-refractivity contribution in [3.8, 4) is 0 Å². The van der Waals surface area contributed by atoms with Gasteiger partial charge in [0.25, 0.3) is 0 Å². The highest BCUT2D eigenvalue weighted by atomic mass is 32.3. The van der Waals surface area contributed by atoms with Crippen LogP contribution in [0.4, 0.5) is 26.3 Å². The van der Waals surface area contributed by atoms with Gasteiger partial charge in [-0.2, -0.15) is 26.3 Å². The van der Waals surface area contributed by atoms with Crippen LogP contribution in [0.5, 0.6) is 0 Å². The summed E-state index contributed by atoms with van der Waals surface area (Å²) in [5.41, 5.74) is -12.4. The Balaban J connectivity index is 0. The molecule has 0 N–H and O–H groups in total. The van der Waals surface area contributed by atoms with Gasteiger partial charge in [-0.15, -0.1) is 0 Å². The van der Waals surface area contributed by atoms with Gasteiger partial charge in [0.1, 0.15) is 0 Å². The average Bonchev–Trinajstić information content (AvgIpc) is 2.24. The van der Waals surface area contributed by atoms with E-state index in [9.17, 15) is 43.2 Å². The number of hydrogen-bond donors (Lipinski definition) is 0. The van der Waals surface area contributed by atoms with Gasteiger partial charge < -0.3 is 13.6 Å². The molecule has 8 nitrogen and oxygen atoms in total. The van der Waals surface area contributed by atoms with E-state index < -0.39 is 31.1 Å². The summed E-state index contributed by atoms with van der Waals surface area (Å²) < 4.78 is 120. The van der Waals surface area contributed by atoms with Gasteiger partial charge in [0.05, 0.1) is 14.1 Å². The molecule has 0 aromatic rings. The monoisotopic (exact) mass is 414 g/mol. The molecule has 0 aliphatic rings. The number of ether oxygens (including phenoxy) is 2. The highest BCUT2D eigenvalue weighted by Crippen LogP contribution is 2.36. The normalized spacial score (nSPS) is 14.1. The van der Waals surface area contributed by atoms with Crippen LogP contribution in [0.3, 0.4) is 0 Å². The van der Waals surface area contributed by atoms with Crippen molar-refractivity contribution < 1.29 is 57.1 Å². The van der Waals surface area contributed by atoms with Crippen molar-refractivity contribution in [1.29, 1.82) is 0 Å². The van der Waals surface area contributed by atoms with E-state index in [-0.39, 0.29) is 0 Å². The summed E-state index contributed by atoms with van der Waals surface area (Å²) in [4.78, 5) is 0. The lowest BCUT2D eigenvalue weighted by Crippen LogP contribution is -2.42. The predicted molar refractivity (Wildman–Crippen MR) is 69.2 cm³/mol. The molecule has 0 amide bonds. The lowest BCUT2D eigenvalue weighted by molar-refractivity contribution is -0.926. The van der Waals surface area contributed by atoms with E-state index in [4.69, 9.17) is 9.47 Å². The van der Waals surface area contributed by atoms with Crippen LogP contribution in [0.15, 0.2) is 0 Å². The van der Waals surface area contributed by atoms with Crippen LogP contribution in [-0.2, 0) is 29.5 Å². The SMILES string of the molecule is COC[N+](C)(C)COC.O=S(=O)([N-]S(=O)(=O)C(F)(F)F)C(F)(F)F. The van der Waals surface area contributed by atoms with Crippen molar-refractivity contribution in [2.45, 2.75) is 11.0 Å². The summed E-state index contributed by atoms with van der Waals surface area (Å²) in [6.07, 6.45) is 0. The van der Waals surface area contributed by atoms with E-state index in [1.165, 1.54) is 0 Å². The second-order valence-corrected chi connectivity index (χ2v) is 8.11. The third kappa shape index (κ3) is 8.97. The second-order valence-electron chi connectivity index (χ2n) is 4.69. The van der Waals surface area contributed by atoms with Gasteiger partial charge in [-0.3, -0.25) is 4.48 Å². The molecule has 0 saturated carbocycles. The summed E-state index contributed by atoms with van der Waals surface area (Å²) >= 11 is 0. The molecule has 0 unspecified atom stereocenters. The second kappa shape index (κ2) is 8.61. The smallest absolute Gasteiger partial charge is 0.421 e. The molecule has 0 saturated heterocycles. The van der Waals surface area contributed by atoms with Gasteiger partial charge in [0.15, 0.2) is 33.5 Å². The Bertz CT molecular complexity index is 533. The van der Waals surface area contributed by atoms with Gasteiger partial charge >= 0.3 is 11.0 Å². The molecule has 16 heteroatoms. The fourth-order valence-electron chi connectivity index (χ4n) is 0.950. The molecule has 0 bridgehead atoms. The third-order valence-corrected chi connectivity index (χ3v) is 4.48. The van der Waals surface area contributed by atoms with Crippen LogP contribution in [0.1, 0.15) is 0 Å². The number of alkyl halides is 6. The van der Waals surface area contributed by atoms with E-state index in [2.05, 4.69) is 0 Å². The maximum atomic E-state index is 11.4. The fraction of sp³-hybridized carbons (Fsp3) is 1.00. The Morgan fingerprint density at radius 1 is 0.792 bits per heavy atom. The van der Waals surface area contributed by atoms with Gasteiger partial charge in [-0.1, -0.05) is 0 Å². The Hall–Kier alpha value is -0.680. The zero-order valence-electron chi connectivity index (χ0n) is 12.8. The minimum Gasteiger partial charge on any atom is -0.421 e. The summed E-state index contributed by atoms with van der Waals surface area (Å²) in [6.45, 7) is 1.38. The van der Waals surface area contributed by atoms with Gasteiger partial charge in [-0.25, -0.2) is 16.8 Å². The molecular weight excluding hydrogens is 398 g/mol. The van der Waals surface area contributed by atoms with Gasteiger partial charge in [-0.05, 0) is 0 Å². The van der Waals surface area contributed by atoms with Crippen molar-refractivity contribution in [3.63, 3.8) is 0 Å². The topological polar surface area (TPSA) is 101 Å². The van der Waals surface area contributed by atoms with E-state index in [1.807, 2.05) is 14.1 Å². The average molecular weight is 414 g/mol. The molecular formula is C8H16F6N2O6S2. The maximum Gasteiger partial charge on any atom is 0.480 e. The zero-order chi connectivity index (χ0) is 20.0. The van der Waals surface area contributed by atoms with Crippen molar-refractivity contribution in [2.24, 2.45) is 0 Å². The van der Waals surface area contributed by atoms with E-state index in [1.54, 1.807) is 14.2 Å². The van der Waals surface area contributed by atoms with E-state index >= 15 is 0 Å². The first-order valence-electron chi connectivity index (χ1n) is 5.49. The number of methoxy groups -OCH3 is 2. The lowest BCUT2D eigenvalue weighted by Gasteiger charge is -2.26. The van der Waals surface area contributed by atoms with Crippen LogP contribution in [0.25, 0.3) is 4.13 Å². The van der Waals surface area contributed by atoms with E-state index in [0.29, 0.717) is 13.5 Å². The number of quaternary nitrogens is 1. The lowest BCUT2D eigenvalue weighted by atomic mass is 10.7. The van der Waals surface area contributed by atoms with Crippen molar-refractivity contribution in [1.82, 2.24) is 0 Å². The quantitative estimate of drug-likeness (QED) is 0.369. The number of sulfonamides is 2. The first-order chi connectivity index (χ1) is 10.3. The first kappa shape index (κ1) is 25.6. The molecule has 0 aromatic heterocycles. The molecule has 0 aromatic carbocycles. The van der Waals surface area contributed by atoms with E-state index in [0.717, 1.165) is 8.61 Å². The highest BCUT2D eigenvalue weighted by Gasteiger charge is 2.46. The standard InChI is InChI=1S/C6H16NO2.C2F6NO4S2/c1-7(2,5-8-3)6-9-4;3-1(4,5)14(10,11)9-15(12,13)2(6,7)8/h5-6H2,1-4H3;/q+1;-1. The molecule has 148 valence electrons. The molecule has 0 aliphatic heterocycles. The first-order valence-corrected chi connectivity index (χ1v) is 8.37. The predicted octanol–water partition coefficient (Wildman–Crippen LogP) is 1.33. The number of rotatable bonds is 6. The fourth-order valence-corrected chi connectivity index (χ4v) is 2.66. The number of nitrogens with zero attached hydrogens (tertiary/aromatic N) is 2. The molecule has 0 spiro atoms. The number of hydrogen-bond acceptors (Lipinski definition) is 6. The number of halogens is 6. The van der Waals surface area contributed by atoms with Crippen molar-refractivity contribution in [2.75, 3.05) is 41.8 Å². The Morgan fingerprint density at radius 3 is 1.21 bits per heavy atom. The molecule has 0 radical (unpaired) electrons. The summed E-state index contributed by atoms with van der Waals surface area (Å²) in [7, 11) is -5.97. The molecule has 0 rings (SSSR count). The molecule has 24 heavy (non-hydrogen) atoms. The minimum atomic E-state index is -6.72. The summed E-state index contributed by atoms with van der Waals surface area (Å²) in [5, 5.41) is 0. The summed E-state index contributed by atoms with van der Waals surface area (Å²) in [5.74, 6) is 0.